The van der Waals surface area contributed by atoms with E-state index in [-0.39, 0.29) is 16.7 Å². The zero-order valence-corrected chi connectivity index (χ0v) is 15.3. The molecule has 0 saturated carbocycles. The number of rotatable bonds is 3. The van der Waals surface area contributed by atoms with Crippen molar-refractivity contribution in [3.05, 3.63) is 22.2 Å². The van der Waals surface area contributed by atoms with Crippen molar-refractivity contribution >= 4 is 14.1 Å². The molecular weight excluding hydrogens is 265 g/mol. The van der Waals surface area contributed by atoms with Gasteiger partial charge in [-0.2, -0.15) is 0 Å². The molecule has 3 heteroatoms. The van der Waals surface area contributed by atoms with Gasteiger partial charge in [0.15, 0.2) is 0 Å². The number of carbonyl (C=O) groups is 1. The number of hydrogen-bond donors (Lipinski definition) is 0. The smallest absolute Gasteiger partial charge is 0.257 e. The number of nitrogens with zero attached hydrogens (tertiary/aromatic N) is 1. The second kappa shape index (κ2) is 5.93. The molecular formula is C17H30NOP. The van der Waals surface area contributed by atoms with Crippen molar-refractivity contribution in [3.63, 3.8) is 0 Å². The largest absolute Gasteiger partial charge is 0.339 e. The molecule has 1 amide bonds. The van der Waals surface area contributed by atoms with Crippen LogP contribution < -0.4 is 0 Å². The highest BCUT2D eigenvalue weighted by Gasteiger charge is 2.32. The molecule has 114 valence electrons. The maximum atomic E-state index is 12.8. The fraction of sp³-hybridized carbons (Fsp3) is 0.706. The fourth-order valence-corrected chi connectivity index (χ4v) is 4.43. The molecule has 0 N–H and O–H groups in total. The van der Waals surface area contributed by atoms with Crippen LogP contribution in [0.25, 0.3) is 0 Å². The maximum Gasteiger partial charge on any atom is 0.257 e. The average molecular weight is 295 g/mol. The number of amides is 1. The predicted octanol–water partition coefficient (Wildman–Crippen LogP) is 4.79. The Morgan fingerprint density at radius 2 is 1.55 bits per heavy atom. The Bertz CT molecular complexity index is 470. The Balaban J connectivity index is 3.43. The van der Waals surface area contributed by atoms with Gasteiger partial charge in [-0.1, -0.05) is 41.5 Å². The summed E-state index contributed by atoms with van der Waals surface area (Å²) in [7, 11) is 0.513. The molecule has 0 saturated heterocycles. The van der Waals surface area contributed by atoms with Crippen molar-refractivity contribution in [1.82, 2.24) is 4.90 Å². The molecule has 1 unspecified atom stereocenters. The Kier molecular flexibility index (Phi) is 5.13. The van der Waals surface area contributed by atoms with Gasteiger partial charge in [0.05, 0.1) is 5.30 Å². The van der Waals surface area contributed by atoms with Gasteiger partial charge in [-0.25, -0.2) is 0 Å². The van der Waals surface area contributed by atoms with Gasteiger partial charge < -0.3 is 4.90 Å². The number of hydrogen-bond acceptors (Lipinski definition) is 1. The molecule has 1 atom stereocenters. The SMILES string of the molecule is CCN(CC)C(=O)c1[pH]cc(C(C)(C)C)c1C(C)(C)C. The molecule has 1 aromatic rings. The van der Waals surface area contributed by atoms with E-state index < -0.39 is 0 Å². The highest BCUT2D eigenvalue weighted by Crippen LogP contribution is 2.42. The lowest BCUT2D eigenvalue weighted by molar-refractivity contribution is 0.0775. The molecule has 2 nitrogen and oxygen atoms in total. The van der Waals surface area contributed by atoms with E-state index in [4.69, 9.17) is 0 Å². The normalized spacial score (nSPS) is 13.0. The minimum absolute atomic E-state index is 0.0146. The second-order valence-electron chi connectivity index (χ2n) is 7.43. The molecule has 0 fully saturated rings. The van der Waals surface area contributed by atoms with Gasteiger partial charge >= 0.3 is 0 Å². The zero-order valence-electron chi connectivity index (χ0n) is 14.3. The summed E-state index contributed by atoms with van der Waals surface area (Å²) in [6.45, 7) is 19.0. The van der Waals surface area contributed by atoms with Crippen molar-refractivity contribution in [2.45, 2.75) is 66.2 Å². The summed E-state index contributed by atoms with van der Waals surface area (Å²) < 4.78 is 0. The van der Waals surface area contributed by atoms with Crippen LogP contribution >= 0.6 is 8.19 Å². The first-order chi connectivity index (χ1) is 9.04. The summed E-state index contributed by atoms with van der Waals surface area (Å²) in [5.74, 6) is 2.52. The van der Waals surface area contributed by atoms with Gasteiger partial charge in [-0.05, 0) is 41.6 Å². The van der Waals surface area contributed by atoms with Crippen LogP contribution in [0.3, 0.4) is 0 Å². The van der Waals surface area contributed by atoms with Crippen molar-refractivity contribution in [2.75, 3.05) is 13.1 Å². The molecule has 0 spiro atoms. The Morgan fingerprint density at radius 1 is 1.05 bits per heavy atom. The molecule has 0 aromatic carbocycles. The predicted molar refractivity (Wildman–Crippen MR) is 90.6 cm³/mol. The summed E-state index contributed by atoms with van der Waals surface area (Å²) in [4.78, 5) is 14.7. The fourth-order valence-electron chi connectivity index (χ4n) is 2.63. The first-order valence-electron chi connectivity index (χ1n) is 7.55. The van der Waals surface area contributed by atoms with E-state index in [0.717, 1.165) is 18.4 Å². The molecule has 0 aliphatic carbocycles. The van der Waals surface area contributed by atoms with Crippen LogP contribution in [0.4, 0.5) is 0 Å². The maximum absolute atomic E-state index is 12.8. The summed E-state index contributed by atoms with van der Waals surface area (Å²) in [6.07, 6.45) is 0. The van der Waals surface area contributed by atoms with E-state index in [9.17, 15) is 4.79 Å². The van der Waals surface area contributed by atoms with E-state index >= 15 is 0 Å². The van der Waals surface area contributed by atoms with Crippen molar-refractivity contribution in [2.24, 2.45) is 0 Å². The van der Waals surface area contributed by atoms with E-state index in [1.54, 1.807) is 0 Å². The lowest BCUT2D eigenvalue weighted by Crippen LogP contribution is -2.32. The standard InChI is InChI=1S/C17H30NOP/c1-9-18(10-2)15(19)14-13(17(6,7)8)12(11-20-14)16(3,4)5/h11,20H,9-10H2,1-8H3. The molecule has 1 aromatic heterocycles. The highest BCUT2D eigenvalue weighted by molar-refractivity contribution is 7.32. The van der Waals surface area contributed by atoms with Crippen LogP contribution in [-0.4, -0.2) is 23.9 Å². The van der Waals surface area contributed by atoms with Gasteiger partial charge in [0.1, 0.15) is 0 Å². The Hall–Kier alpha value is -0.750. The van der Waals surface area contributed by atoms with Crippen LogP contribution in [0.1, 0.15) is 76.6 Å². The summed E-state index contributed by atoms with van der Waals surface area (Å²) in [6, 6.07) is 0. The van der Waals surface area contributed by atoms with Gasteiger partial charge in [0.25, 0.3) is 5.91 Å². The van der Waals surface area contributed by atoms with E-state index in [2.05, 4.69) is 61.2 Å². The van der Waals surface area contributed by atoms with Gasteiger partial charge in [-0.3, -0.25) is 4.79 Å². The van der Waals surface area contributed by atoms with Gasteiger partial charge in [0.2, 0.25) is 0 Å². The molecule has 1 rings (SSSR count). The number of carbonyl (C=O) groups excluding carboxylic acids is 1. The van der Waals surface area contributed by atoms with Crippen LogP contribution in [0.2, 0.25) is 0 Å². The molecule has 20 heavy (non-hydrogen) atoms. The van der Waals surface area contributed by atoms with E-state index in [1.165, 1.54) is 11.1 Å². The van der Waals surface area contributed by atoms with Gasteiger partial charge in [0, 0.05) is 13.1 Å². The quantitative estimate of drug-likeness (QED) is 0.784. The topological polar surface area (TPSA) is 20.3 Å². The third kappa shape index (κ3) is 3.47. The van der Waals surface area contributed by atoms with Crippen molar-refractivity contribution in [3.8, 4) is 0 Å². The van der Waals surface area contributed by atoms with E-state index in [1.807, 2.05) is 4.90 Å². The Morgan fingerprint density at radius 3 is 1.90 bits per heavy atom. The van der Waals surface area contributed by atoms with E-state index in [0.29, 0.717) is 8.19 Å². The van der Waals surface area contributed by atoms with Crippen LogP contribution in [0.5, 0.6) is 0 Å². The third-order valence-corrected chi connectivity index (χ3v) is 4.89. The molecule has 1 heterocycles. The molecule has 0 aliphatic heterocycles. The minimum Gasteiger partial charge on any atom is -0.339 e. The lowest BCUT2D eigenvalue weighted by atomic mass is 9.76. The first-order valence-corrected chi connectivity index (χ1v) is 8.63. The first kappa shape index (κ1) is 17.3. The van der Waals surface area contributed by atoms with Gasteiger partial charge in [-0.15, -0.1) is 8.19 Å². The monoisotopic (exact) mass is 295 g/mol. The summed E-state index contributed by atoms with van der Waals surface area (Å²) >= 11 is 0. The second-order valence-corrected chi connectivity index (χ2v) is 8.51. The molecule has 0 radical (unpaired) electrons. The lowest BCUT2D eigenvalue weighted by Gasteiger charge is -2.29. The third-order valence-electron chi connectivity index (χ3n) is 3.70. The minimum atomic E-state index is 0.0146. The van der Waals surface area contributed by atoms with Crippen molar-refractivity contribution in [1.29, 1.82) is 0 Å². The summed E-state index contributed by atoms with van der Waals surface area (Å²) in [5, 5.41) is 1.03. The average Bonchev–Trinajstić information content (AvgIpc) is 2.74. The summed E-state index contributed by atoms with van der Waals surface area (Å²) in [5.41, 5.74) is 2.75. The zero-order chi connectivity index (χ0) is 15.7. The molecule has 0 aliphatic rings. The highest BCUT2D eigenvalue weighted by atomic mass is 31.0. The van der Waals surface area contributed by atoms with Crippen LogP contribution in [0.15, 0.2) is 5.80 Å². The van der Waals surface area contributed by atoms with Crippen LogP contribution in [-0.2, 0) is 10.8 Å². The Labute approximate surface area is 126 Å². The van der Waals surface area contributed by atoms with Crippen molar-refractivity contribution < 1.29 is 4.79 Å². The van der Waals surface area contributed by atoms with Crippen LogP contribution in [0, 0.1) is 0 Å². The molecule has 0 bridgehead atoms.